The van der Waals surface area contributed by atoms with Crippen molar-refractivity contribution < 1.29 is 17.9 Å². The van der Waals surface area contributed by atoms with E-state index in [0.29, 0.717) is 25.9 Å². The fraction of sp³-hybridized carbons (Fsp3) is 0.923. The quantitative estimate of drug-likeness (QED) is 0.737. The average molecular weight is 321 g/mol. The summed E-state index contributed by atoms with van der Waals surface area (Å²) in [5.74, 6) is -0.0774. The molecule has 116 valence electrons. The summed E-state index contributed by atoms with van der Waals surface area (Å²) in [6.45, 7) is 5.18. The highest BCUT2D eigenvalue weighted by molar-refractivity contribution is 8.00. The number of esters is 1. The average Bonchev–Trinajstić information content (AvgIpc) is 2.86. The second kappa shape index (κ2) is 5.85. The van der Waals surface area contributed by atoms with Crippen LogP contribution in [-0.2, 0) is 19.6 Å². The number of thioether (sulfide) groups is 1. The number of hydrogen-bond donors (Lipinski definition) is 0. The Bertz CT molecular complexity index is 475. The number of carbonyl (C=O) groups is 1. The first-order chi connectivity index (χ1) is 9.28. The number of rotatable bonds is 3. The molecule has 20 heavy (non-hydrogen) atoms. The predicted molar refractivity (Wildman–Crippen MR) is 80.2 cm³/mol. The van der Waals surface area contributed by atoms with E-state index in [9.17, 15) is 13.2 Å². The van der Waals surface area contributed by atoms with Gasteiger partial charge in [0.1, 0.15) is 0 Å². The summed E-state index contributed by atoms with van der Waals surface area (Å²) < 4.78 is 31.9. The van der Waals surface area contributed by atoms with E-state index in [2.05, 4.69) is 13.8 Å². The first-order valence-electron chi connectivity index (χ1n) is 6.99. The lowest BCUT2D eigenvalue weighted by Gasteiger charge is -2.38. The van der Waals surface area contributed by atoms with Crippen LogP contribution in [0.15, 0.2) is 0 Å². The number of carbonyl (C=O) groups excluding carboxylic acids is 1. The SMILES string of the molecule is COC(=O)C1CCCC1S(=O)(=O)N1CCSC(C)(C)C1. The number of sulfonamides is 1. The van der Waals surface area contributed by atoms with Crippen molar-refractivity contribution in [1.82, 2.24) is 4.31 Å². The summed E-state index contributed by atoms with van der Waals surface area (Å²) >= 11 is 1.80. The van der Waals surface area contributed by atoms with Crippen molar-refractivity contribution in [2.75, 3.05) is 26.0 Å². The van der Waals surface area contributed by atoms with Crippen LogP contribution in [0.4, 0.5) is 0 Å². The third kappa shape index (κ3) is 3.14. The molecule has 0 N–H and O–H groups in total. The molecule has 7 heteroatoms. The van der Waals surface area contributed by atoms with Gasteiger partial charge in [-0.2, -0.15) is 16.1 Å². The minimum atomic E-state index is -3.42. The van der Waals surface area contributed by atoms with Crippen LogP contribution in [0.5, 0.6) is 0 Å². The van der Waals surface area contributed by atoms with Crippen molar-refractivity contribution in [2.45, 2.75) is 43.1 Å². The zero-order valence-corrected chi connectivity index (χ0v) is 13.9. The van der Waals surface area contributed by atoms with E-state index < -0.39 is 21.2 Å². The molecule has 1 aliphatic heterocycles. The van der Waals surface area contributed by atoms with Crippen molar-refractivity contribution in [2.24, 2.45) is 5.92 Å². The summed E-state index contributed by atoms with van der Waals surface area (Å²) in [4.78, 5) is 11.8. The van der Waals surface area contributed by atoms with Crippen molar-refractivity contribution in [3.8, 4) is 0 Å². The number of hydrogen-bond acceptors (Lipinski definition) is 5. The predicted octanol–water partition coefficient (Wildman–Crippen LogP) is 1.49. The molecule has 0 aromatic heterocycles. The fourth-order valence-electron chi connectivity index (χ4n) is 3.09. The van der Waals surface area contributed by atoms with Crippen molar-refractivity contribution in [1.29, 1.82) is 0 Å². The Kier molecular flexibility index (Phi) is 4.71. The molecular weight excluding hydrogens is 298 g/mol. The fourth-order valence-corrected chi connectivity index (χ4v) is 6.75. The van der Waals surface area contributed by atoms with E-state index in [1.54, 1.807) is 16.1 Å². The highest BCUT2D eigenvalue weighted by Gasteiger charge is 2.46. The molecule has 1 saturated carbocycles. The zero-order valence-electron chi connectivity index (χ0n) is 12.3. The van der Waals surface area contributed by atoms with Gasteiger partial charge in [-0.15, -0.1) is 0 Å². The molecule has 1 heterocycles. The highest BCUT2D eigenvalue weighted by Crippen LogP contribution is 2.37. The number of methoxy groups -OCH3 is 1. The topological polar surface area (TPSA) is 63.7 Å². The molecule has 0 aromatic carbocycles. The molecule has 2 atom stereocenters. The van der Waals surface area contributed by atoms with Crippen LogP contribution in [0.25, 0.3) is 0 Å². The first-order valence-corrected chi connectivity index (χ1v) is 9.47. The Morgan fingerprint density at radius 1 is 1.35 bits per heavy atom. The monoisotopic (exact) mass is 321 g/mol. The van der Waals surface area contributed by atoms with E-state index in [0.717, 1.165) is 12.2 Å². The van der Waals surface area contributed by atoms with E-state index >= 15 is 0 Å². The lowest BCUT2D eigenvalue weighted by molar-refractivity contribution is -0.145. The minimum Gasteiger partial charge on any atom is -0.469 e. The van der Waals surface area contributed by atoms with Gasteiger partial charge < -0.3 is 4.74 Å². The van der Waals surface area contributed by atoms with E-state index in [1.165, 1.54) is 7.11 Å². The summed E-state index contributed by atoms with van der Waals surface area (Å²) in [6, 6.07) is 0. The van der Waals surface area contributed by atoms with Gasteiger partial charge in [0.15, 0.2) is 0 Å². The van der Waals surface area contributed by atoms with Gasteiger partial charge in [-0.1, -0.05) is 6.42 Å². The lowest BCUT2D eigenvalue weighted by Crippen LogP contribution is -2.50. The van der Waals surface area contributed by atoms with Gasteiger partial charge in [-0.3, -0.25) is 4.79 Å². The standard InChI is InChI=1S/C13H23NO4S2/c1-13(2)9-14(7-8-19-13)20(16,17)11-6-4-5-10(11)12(15)18-3/h10-11H,4-9H2,1-3H3. The molecule has 5 nitrogen and oxygen atoms in total. The molecule has 0 spiro atoms. The van der Waals surface area contributed by atoms with Gasteiger partial charge in [-0.05, 0) is 26.7 Å². The Labute approximate surface area is 125 Å². The molecule has 0 amide bonds. The number of ether oxygens (including phenoxy) is 1. The molecular formula is C13H23NO4S2. The maximum Gasteiger partial charge on any atom is 0.310 e. The van der Waals surface area contributed by atoms with E-state index in [4.69, 9.17) is 4.74 Å². The largest absolute Gasteiger partial charge is 0.469 e. The van der Waals surface area contributed by atoms with Crippen LogP contribution in [0.1, 0.15) is 33.1 Å². The Morgan fingerprint density at radius 3 is 2.65 bits per heavy atom. The second-order valence-corrected chi connectivity index (χ2v) is 10.0. The first kappa shape index (κ1) is 16.1. The molecule has 0 aromatic rings. The molecule has 2 unspecified atom stereocenters. The van der Waals surface area contributed by atoms with Crippen LogP contribution in [0, 0.1) is 5.92 Å². The maximum absolute atomic E-state index is 12.8. The van der Waals surface area contributed by atoms with Crippen molar-refractivity contribution >= 4 is 27.8 Å². The molecule has 0 radical (unpaired) electrons. The normalized spacial score (nSPS) is 31.1. The van der Waals surface area contributed by atoms with Crippen LogP contribution in [-0.4, -0.2) is 54.6 Å². The van der Waals surface area contributed by atoms with E-state index in [-0.39, 0.29) is 10.7 Å². The van der Waals surface area contributed by atoms with Gasteiger partial charge in [0.25, 0.3) is 0 Å². The summed E-state index contributed by atoms with van der Waals surface area (Å²) in [7, 11) is -2.09. The van der Waals surface area contributed by atoms with Gasteiger partial charge in [0, 0.05) is 23.6 Å². The molecule has 1 saturated heterocycles. The van der Waals surface area contributed by atoms with Gasteiger partial charge in [0.05, 0.1) is 18.3 Å². The maximum atomic E-state index is 12.8. The van der Waals surface area contributed by atoms with Crippen LogP contribution in [0.2, 0.25) is 0 Å². The smallest absolute Gasteiger partial charge is 0.310 e. The molecule has 2 aliphatic rings. The highest BCUT2D eigenvalue weighted by atomic mass is 32.2. The van der Waals surface area contributed by atoms with Crippen molar-refractivity contribution in [3.05, 3.63) is 0 Å². The molecule has 2 rings (SSSR count). The molecule has 2 fully saturated rings. The summed E-state index contributed by atoms with van der Waals surface area (Å²) in [5.41, 5.74) is 0. The van der Waals surface area contributed by atoms with Crippen LogP contribution < -0.4 is 0 Å². The Morgan fingerprint density at radius 2 is 2.05 bits per heavy atom. The molecule has 0 bridgehead atoms. The molecule has 1 aliphatic carbocycles. The van der Waals surface area contributed by atoms with Gasteiger partial charge >= 0.3 is 5.97 Å². The van der Waals surface area contributed by atoms with Crippen LogP contribution in [0.3, 0.4) is 0 Å². The second-order valence-electron chi connectivity index (χ2n) is 6.09. The van der Waals surface area contributed by atoms with Crippen LogP contribution >= 0.6 is 11.8 Å². The zero-order chi connectivity index (χ0) is 15.0. The van der Waals surface area contributed by atoms with Gasteiger partial charge in [0.2, 0.25) is 10.0 Å². The summed E-state index contributed by atoms with van der Waals surface area (Å²) in [6.07, 6.45) is 1.95. The Balaban J connectivity index is 2.19. The van der Waals surface area contributed by atoms with E-state index in [1.807, 2.05) is 0 Å². The van der Waals surface area contributed by atoms with Gasteiger partial charge in [-0.25, -0.2) is 8.42 Å². The third-order valence-corrected chi connectivity index (χ3v) is 7.75. The third-order valence-electron chi connectivity index (χ3n) is 4.09. The van der Waals surface area contributed by atoms with Crippen molar-refractivity contribution in [3.63, 3.8) is 0 Å². The minimum absolute atomic E-state index is 0.0648. The lowest BCUT2D eigenvalue weighted by atomic mass is 10.1. The Hall–Kier alpha value is -0.270. The number of nitrogens with zero attached hydrogens (tertiary/aromatic N) is 1. The summed E-state index contributed by atoms with van der Waals surface area (Å²) in [5, 5.41) is -0.603.